The van der Waals surface area contributed by atoms with Crippen LogP contribution in [0, 0.1) is 19.3 Å². The number of anilines is 1. The number of amides is 1. The van der Waals surface area contributed by atoms with Crippen molar-refractivity contribution in [1.29, 1.82) is 0 Å². The lowest BCUT2D eigenvalue weighted by molar-refractivity contribution is -0.139. The Balaban J connectivity index is 1.81. The summed E-state index contributed by atoms with van der Waals surface area (Å²) in [7, 11) is 0. The maximum atomic E-state index is 12.7. The molecular formula is C21H26Cl2N4O. The largest absolute Gasteiger partial charge is 0.353 e. The standard InChI is InChI=1S/C21H26Cl2N4O/c1-14-15(2)24-18(16-5-7-17(23)8-6-16)25-19(14)26-9-11-27(12-10-26)20(28)21(3,4)13-22/h5-8H,9-13H2,1-4H3. The first kappa shape index (κ1) is 20.9. The Morgan fingerprint density at radius 1 is 1.07 bits per heavy atom. The normalized spacial score (nSPS) is 15.1. The first-order valence-electron chi connectivity index (χ1n) is 9.44. The number of benzene rings is 1. The van der Waals surface area contributed by atoms with Gasteiger partial charge in [-0.05, 0) is 52.0 Å². The Labute approximate surface area is 176 Å². The lowest BCUT2D eigenvalue weighted by Crippen LogP contribution is -2.53. The van der Waals surface area contributed by atoms with Crippen LogP contribution in [-0.2, 0) is 4.79 Å². The van der Waals surface area contributed by atoms with Gasteiger partial charge in [-0.15, -0.1) is 11.6 Å². The van der Waals surface area contributed by atoms with Crippen molar-refractivity contribution in [1.82, 2.24) is 14.9 Å². The van der Waals surface area contributed by atoms with Crippen molar-refractivity contribution in [2.45, 2.75) is 27.7 Å². The van der Waals surface area contributed by atoms with E-state index in [0.29, 0.717) is 29.8 Å². The number of rotatable bonds is 4. The average molecular weight is 421 g/mol. The van der Waals surface area contributed by atoms with E-state index in [0.717, 1.165) is 35.7 Å². The number of hydrogen-bond acceptors (Lipinski definition) is 4. The summed E-state index contributed by atoms with van der Waals surface area (Å²) in [5.74, 6) is 2.05. The van der Waals surface area contributed by atoms with Gasteiger partial charge in [0.05, 0.1) is 5.41 Å². The van der Waals surface area contributed by atoms with Gasteiger partial charge in [0, 0.05) is 53.9 Å². The van der Waals surface area contributed by atoms with Gasteiger partial charge in [0.15, 0.2) is 5.82 Å². The molecule has 0 bridgehead atoms. The molecule has 0 atom stereocenters. The SMILES string of the molecule is Cc1nc(-c2ccc(Cl)cc2)nc(N2CCN(C(=O)C(C)(C)CCl)CC2)c1C. The second kappa shape index (κ2) is 8.26. The molecule has 0 unspecified atom stereocenters. The lowest BCUT2D eigenvalue weighted by atomic mass is 9.94. The van der Waals surface area contributed by atoms with Gasteiger partial charge < -0.3 is 9.80 Å². The van der Waals surface area contributed by atoms with E-state index in [1.54, 1.807) is 0 Å². The first-order chi connectivity index (χ1) is 13.2. The Hall–Kier alpha value is -1.85. The summed E-state index contributed by atoms with van der Waals surface area (Å²) < 4.78 is 0. The number of carbonyl (C=O) groups excluding carboxylic acids is 1. The van der Waals surface area contributed by atoms with Crippen LogP contribution in [0.2, 0.25) is 5.02 Å². The maximum Gasteiger partial charge on any atom is 0.229 e. The van der Waals surface area contributed by atoms with E-state index in [4.69, 9.17) is 28.2 Å². The molecule has 7 heteroatoms. The molecule has 1 aliphatic heterocycles. The Morgan fingerprint density at radius 3 is 2.25 bits per heavy atom. The number of aryl methyl sites for hydroxylation is 1. The van der Waals surface area contributed by atoms with Crippen molar-refractivity contribution in [2.24, 2.45) is 5.41 Å². The molecule has 0 saturated carbocycles. The summed E-state index contributed by atoms with van der Waals surface area (Å²) in [6, 6.07) is 7.55. The topological polar surface area (TPSA) is 49.3 Å². The number of nitrogens with zero attached hydrogens (tertiary/aromatic N) is 4. The molecule has 1 aliphatic rings. The van der Waals surface area contributed by atoms with Gasteiger partial charge in [-0.1, -0.05) is 11.6 Å². The molecule has 3 rings (SSSR count). The van der Waals surface area contributed by atoms with Crippen molar-refractivity contribution >= 4 is 34.9 Å². The number of alkyl halides is 1. The molecule has 28 heavy (non-hydrogen) atoms. The molecule has 0 radical (unpaired) electrons. The fourth-order valence-corrected chi connectivity index (χ4v) is 3.50. The molecule has 1 saturated heterocycles. The predicted octanol–water partition coefficient (Wildman–Crippen LogP) is 4.33. The van der Waals surface area contributed by atoms with Gasteiger partial charge >= 0.3 is 0 Å². The highest BCUT2D eigenvalue weighted by Crippen LogP contribution is 2.27. The van der Waals surface area contributed by atoms with Crippen LogP contribution >= 0.6 is 23.2 Å². The molecule has 1 fully saturated rings. The van der Waals surface area contributed by atoms with Crippen molar-refractivity contribution in [3.05, 3.63) is 40.5 Å². The molecule has 1 aromatic carbocycles. The van der Waals surface area contributed by atoms with Gasteiger partial charge in [0.1, 0.15) is 5.82 Å². The van der Waals surface area contributed by atoms with Gasteiger partial charge in [-0.25, -0.2) is 9.97 Å². The average Bonchev–Trinajstić information content (AvgIpc) is 2.70. The summed E-state index contributed by atoms with van der Waals surface area (Å²) in [6.07, 6.45) is 0. The Kier molecular flexibility index (Phi) is 6.15. The summed E-state index contributed by atoms with van der Waals surface area (Å²) in [6.45, 7) is 10.6. The number of halogens is 2. The monoisotopic (exact) mass is 420 g/mol. The van der Waals surface area contributed by atoms with Crippen LogP contribution in [-0.4, -0.2) is 52.8 Å². The highest BCUT2D eigenvalue weighted by molar-refractivity contribution is 6.30. The van der Waals surface area contributed by atoms with Crippen LogP contribution < -0.4 is 4.90 Å². The van der Waals surface area contributed by atoms with Crippen LogP contribution in [0.3, 0.4) is 0 Å². The van der Waals surface area contributed by atoms with E-state index in [1.165, 1.54) is 0 Å². The second-order valence-electron chi connectivity index (χ2n) is 7.88. The van der Waals surface area contributed by atoms with Crippen molar-refractivity contribution in [2.75, 3.05) is 37.0 Å². The quantitative estimate of drug-likeness (QED) is 0.690. The number of hydrogen-bond donors (Lipinski definition) is 0. The minimum atomic E-state index is -0.535. The smallest absolute Gasteiger partial charge is 0.229 e. The zero-order valence-electron chi connectivity index (χ0n) is 16.8. The van der Waals surface area contributed by atoms with Crippen LogP contribution in [0.25, 0.3) is 11.4 Å². The van der Waals surface area contributed by atoms with Gasteiger partial charge in [0.2, 0.25) is 5.91 Å². The summed E-state index contributed by atoms with van der Waals surface area (Å²) in [5, 5.41) is 0.688. The number of aromatic nitrogens is 2. The minimum Gasteiger partial charge on any atom is -0.353 e. The third-order valence-corrected chi connectivity index (χ3v) is 6.17. The summed E-state index contributed by atoms with van der Waals surface area (Å²) in [4.78, 5) is 26.3. The molecule has 5 nitrogen and oxygen atoms in total. The molecule has 0 aliphatic carbocycles. The molecule has 0 N–H and O–H groups in total. The molecule has 2 aromatic rings. The van der Waals surface area contributed by atoms with E-state index in [2.05, 4.69) is 9.88 Å². The lowest BCUT2D eigenvalue weighted by Gasteiger charge is -2.39. The maximum absolute atomic E-state index is 12.7. The Morgan fingerprint density at radius 2 is 1.68 bits per heavy atom. The van der Waals surface area contributed by atoms with Gasteiger partial charge in [-0.3, -0.25) is 4.79 Å². The fraction of sp³-hybridized carbons (Fsp3) is 0.476. The fourth-order valence-electron chi connectivity index (χ4n) is 3.26. The molecular weight excluding hydrogens is 395 g/mol. The van der Waals surface area contributed by atoms with E-state index >= 15 is 0 Å². The molecule has 150 valence electrons. The highest BCUT2D eigenvalue weighted by atomic mass is 35.5. The van der Waals surface area contributed by atoms with Crippen molar-refractivity contribution in [3.8, 4) is 11.4 Å². The van der Waals surface area contributed by atoms with E-state index in [-0.39, 0.29) is 5.91 Å². The third-order valence-electron chi connectivity index (χ3n) is 5.25. The van der Waals surface area contributed by atoms with E-state index < -0.39 is 5.41 Å². The van der Waals surface area contributed by atoms with E-state index in [1.807, 2.05) is 56.9 Å². The molecule has 0 spiro atoms. The molecule has 2 heterocycles. The zero-order valence-corrected chi connectivity index (χ0v) is 18.3. The van der Waals surface area contributed by atoms with Crippen LogP contribution in [0.15, 0.2) is 24.3 Å². The zero-order chi connectivity index (χ0) is 20.5. The minimum absolute atomic E-state index is 0.111. The number of carbonyl (C=O) groups is 1. The second-order valence-corrected chi connectivity index (χ2v) is 8.59. The molecule has 1 aromatic heterocycles. The first-order valence-corrected chi connectivity index (χ1v) is 10.4. The highest BCUT2D eigenvalue weighted by Gasteiger charge is 2.33. The molecule has 1 amide bonds. The predicted molar refractivity (Wildman–Crippen MR) is 115 cm³/mol. The van der Waals surface area contributed by atoms with Gasteiger partial charge in [0.25, 0.3) is 0 Å². The van der Waals surface area contributed by atoms with Crippen molar-refractivity contribution in [3.63, 3.8) is 0 Å². The van der Waals surface area contributed by atoms with E-state index in [9.17, 15) is 4.79 Å². The van der Waals surface area contributed by atoms with Gasteiger partial charge in [-0.2, -0.15) is 0 Å². The number of piperazine rings is 1. The summed E-state index contributed by atoms with van der Waals surface area (Å²) >= 11 is 12.0. The summed E-state index contributed by atoms with van der Waals surface area (Å²) in [5.41, 5.74) is 2.43. The van der Waals surface area contributed by atoms with Crippen LogP contribution in [0.1, 0.15) is 25.1 Å². The third kappa shape index (κ3) is 4.26. The van der Waals surface area contributed by atoms with Crippen LogP contribution in [0.4, 0.5) is 5.82 Å². The van der Waals surface area contributed by atoms with Crippen LogP contribution in [0.5, 0.6) is 0 Å². The van der Waals surface area contributed by atoms with Crippen molar-refractivity contribution < 1.29 is 4.79 Å². The Bertz CT molecular complexity index is 859.